The van der Waals surface area contributed by atoms with E-state index in [4.69, 9.17) is 4.74 Å². The Kier molecular flexibility index (Phi) is 5.48. The molecule has 152 valence electrons. The Labute approximate surface area is 176 Å². The molecular formula is C24H25N5O. The van der Waals surface area contributed by atoms with Crippen molar-refractivity contribution in [2.45, 2.75) is 19.9 Å². The lowest BCUT2D eigenvalue weighted by Crippen LogP contribution is -2.09. The van der Waals surface area contributed by atoms with E-state index >= 15 is 0 Å². The molecule has 0 bridgehead atoms. The summed E-state index contributed by atoms with van der Waals surface area (Å²) < 4.78 is 7.06. The van der Waals surface area contributed by atoms with E-state index in [-0.39, 0.29) is 6.04 Å². The number of aromatic nitrogens is 4. The molecule has 0 radical (unpaired) electrons. The van der Waals surface area contributed by atoms with Crippen molar-refractivity contribution in [1.82, 2.24) is 19.7 Å². The number of benzene rings is 2. The molecule has 4 rings (SSSR count). The van der Waals surface area contributed by atoms with Crippen molar-refractivity contribution in [2.24, 2.45) is 7.05 Å². The number of anilines is 1. The van der Waals surface area contributed by atoms with Gasteiger partial charge < -0.3 is 10.1 Å². The van der Waals surface area contributed by atoms with Crippen molar-refractivity contribution in [1.29, 1.82) is 0 Å². The van der Waals surface area contributed by atoms with Crippen LogP contribution < -0.4 is 10.1 Å². The van der Waals surface area contributed by atoms with Gasteiger partial charge in [-0.25, -0.2) is 9.97 Å². The second kappa shape index (κ2) is 8.37. The van der Waals surface area contributed by atoms with Gasteiger partial charge in [0.1, 0.15) is 17.4 Å². The summed E-state index contributed by atoms with van der Waals surface area (Å²) in [6.07, 6.45) is 3.90. The van der Waals surface area contributed by atoms with Gasteiger partial charge in [0, 0.05) is 36.5 Å². The first kappa shape index (κ1) is 19.6. The Morgan fingerprint density at radius 1 is 0.967 bits per heavy atom. The quantitative estimate of drug-likeness (QED) is 0.492. The van der Waals surface area contributed by atoms with Gasteiger partial charge >= 0.3 is 0 Å². The van der Waals surface area contributed by atoms with Gasteiger partial charge in [0.2, 0.25) is 0 Å². The van der Waals surface area contributed by atoms with Gasteiger partial charge in [-0.1, -0.05) is 18.2 Å². The summed E-state index contributed by atoms with van der Waals surface area (Å²) >= 11 is 0. The second-order valence-corrected chi connectivity index (χ2v) is 7.31. The molecular weight excluding hydrogens is 374 g/mol. The average Bonchev–Trinajstić information content (AvgIpc) is 3.20. The SMILES string of the molecule is COc1ccc(-c2cc(NC(C)c3cccc(-c4cnn(C)c4)c3)nc(C)n2)cc1. The Morgan fingerprint density at radius 3 is 2.47 bits per heavy atom. The lowest BCUT2D eigenvalue weighted by Gasteiger charge is -2.17. The standard InChI is InChI=1S/C24H25N5O/c1-16(19-6-5-7-20(12-19)21-14-25-29(3)15-21)26-24-13-23(27-17(2)28-24)18-8-10-22(30-4)11-9-18/h5-16H,1-4H3,(H,26,27,28). The summed E-state index contributed by atoms with van der Waals surface area (Å²) in [4.78, 5) is 9.18. The summed E-state index contributed by atoms with van der Waals surface area (Å²) in [5.41, 5.74) is 5.33. The molecule has 2 heterocycles. The molecule has 4 aromatic rings. The summed E-state index contributed by atoms with van der Waals surface area (Å²) in [5, 5.41) is 7.79. The van der Waals surface area contributed by atoms with Crippen molar-refractivity contribution in [3.05, 3.63) is 78.4 Å². The Bertz CT molecular complexity index is 1150. The van der Waals surface area contributed by atoms with E-state index in [1.807, 2.05) is 61.4 Å². The molecule has 30 heavy (non-hydrogen) atoms. The maximum atomic E-state index is 5.25. The van der Waals surface area contributed by atoms with Crippen LogP contribution in [0.25, 0.3) is 22.4 Å². The van der Waals surface area contributed by atoms with Crippen molar-refractivity contribution in [3.63, 3.8) is 0 Å². The van der Waals surface area contributed by atoms with Gasteiger partial charge in [0.05, 0.1) is 19.0 Å². The number of methoxy groups -OCH3 is 1. The topological polar surface area (TPSA) is 64.9 Å². The molecule has 2 aromatic carbocycles. The fraction of sp³-hybridized carbons (Fsp3) is 0.208. The number of nitrogens with one attached hydrogen (secondary N) is 1. The molecule has 6 nitrogen and oxygen atoms in total. The van der Waals surface area contributed by atoms with Crippen LogP contribution in [0.4, 0.5) is 5.82 Å². The monoisotopic (exact) mass is 399 g/mol. The first-order chi connectivity index (χ1) is 14.5. The van der Waals surface area contributed by atoms with Gasteiger partial charge in [-0.15, -0.1) is 0 Å². The fourth-order valence-corrected chi connectivity index (χ4v) is 3.41. The Balaban J connectivity index is 1.57. The predicted octanol–water partition coefficient (Wildman–Crippen LogP) is 5.03. The van der Waals surface area contributed by atoms with E-state index in [2.05, 4.69) is 51.6 Å². The zero-order valence-corrected chi connectivity index (χ0v) is 17.6. The van der Waals surface area contributed by atoms with Crippen LogP contribution in [0.5, 0.6) is 5.75 Å². The first-order valence-corrected chi connectivity index (χ1v) is 9.87. The van der Waals surface area contributed by atoms with Crippen LogP contribution in [-0.2, 0) is 7.05 Å². The molecule has 6 heteroatoms. The smallest absolute Gasteiger partial charge is 0.130 e. The zero-order chi connectivity index (χ0) is 21.1. The molecule has 2 aromatic heterocycles. The van der Waals surface area contributed by atoms with Crippen LogP contribution >= 0.6 is 0 Å². The third-order valence-corrected chi connectivity index (χ3v) is 5.01. The number of nitrogens with zero attached hydrogens (tertiary/aromatic N) is 4. The fourth-order valence-electron chi connectivity index (χ4n) is 3.41. The predicted molar refractivity (Wildman–Crippen MR) is 119 cm³/mol. The van der Waals surface area contributed by atoms with Gasteiger partial charge in [0.25, 0.3) is 0 Å². The maximum Gasteiger partial charge on any atom is 0.130 e. The third-order valence-electron chi connectivity index (χ3n) is 5.01. The molecule has 1 N–H and O–H groups in total. The number of rotatable bonds is 6. The van der Waals surface area contributed by atoms with E-state index in [0.717, 1.165) is 39.8 Å². The average molecular weight is 399 g/mol. The number of aryl methyl sites for hydroxylation is 2. The van der Waals surface area contributed by atoms with Crippen LogP contribution in [0.3, 0.4) is 0 Å². The third kappa shape index (κ3) is 4.33. The van der Waals surface area contributed by atoms with E-state index in [1.54, 1.807) is 7.11 Å². The molecule has 0 aliphatic heterocycles. The molecule has 0 fully saturated rings. The van der Waals surface area contributed by atoms with E-state index in [9.17, 15) is 0 Å². The molecule has 0 aliphatic carbocycles. The molecule has 0 amide bonds. The zero-order valence-electron chi connectivity index (χ0n) is 17.6. The lowest BCUT2D eigenvalue weighted by molar-refractivity contribution is 0.415. The number of hydrogen-bond donors (Lipinski definition) is 1. The normalized spacial score (nSPS) is 11.9. The minimum atomic E-state index is 0.0830. The lowest BCUT2D eigenvalue weighted by atomic mass is 10.0. The molecule has 1 unspecified atom stereocenters. The molecule has 0 aliphatic rings. The highest BCUT2D eigenvalue weighted by molar-refractivity contribution is 5.65. The molecule has 0 spiro atoms. The highest BCUT2D eigenvalue weighted by Crippen LogP contribution is 2.27. The van der Waals surface area contributed by atoms with Crippen LogP contribution in [0.1, 0.15) is 24.4 Å². The minimum Gasteiger partial charge on any atom is -0.497 e. The van der Waals surface area contributed by atoms with Crippen molar-refractivity contribution >= 4 is 5.82 Å². The van der Waals surface area contributed by atoms with Gasteiger partial charge in [-0.3, -0.25) is 4.68 Å². The highest BCUT2D eigenvalue weighted by Gasteiger charge is 2.11. The van der Waals surface area contributed by atoms with E-state index in [0.29, 0.717) is 0 Å². The van der Waals surface area contributed by atoms with Gasteiger partial charge in [-0.2, -0.15) is 5.10 Å². The van der Waals surface area contributed by atoms with Crippen molar-refractivity contribution < 1.29 is 4.74 Å². The Morgan fingerprint density at radius 2 is 1.77 bits per heavy atom. The largest absolute Gasteiger partial charge is 0.497 e. The second-order valence-electron chi connectivity index (χ2n) is 7.31. The van der Waals surface area contributed by atoms with Crippen LogP contribution in [-0.4, -0.2) is 26.9 Å². The molecule has 1 atom stereocenters. The van der Waals surface area contributed by atoms with Gasteiger partial charge in [0.15, 0.2) is 0 Å². The van der Waals surface area contributed by atoms with Crippen LogP contribution in [0, 0.1) is 6.92 Å². The number of hydrogen-bond acceptors (Lipinski definition) is 5. The summed E-state index contributed by atoms with van der Waals surface area (Å²) in [6.45, 7) is 4.04. The van der Waals surface area contributed by atoms with Gasteiger partial charge in [-0.05, 0) is 55.3 Å². The first-order valence-electron chi connectivity index (χ1n) is 9.87. The van der Waals surface area contributed by atoms with Crippen molar-refractivity contribution in [3.8, 4) is 28.1 Å². The summed E-state index contributed by atoms with van der Waals surface area (Å²) in [6, 6.07) is 18.4. The maximum absolute atomic E-state index is 5.25. The van der Waals surface area contributed by atoms with Crippen LogP contribution in [0.15, 0.2) is 67.0 Å². The molecule has 0 saturated carbocycles. The Hall–Kier alpha value is -3.67. The van der Waals surface area contributed by atoms with Crippen molar-refractivity contribution in [2.75, 3.05) is 12.4 Å². The minimum absolute atomic E-state index is 0.0830. The van der Waals surface area contributed by atoms with Crippen LogP contribution in [0.2, 0.25) is 0 Å². The molecule has 0 saturated heterocycles. The number of ether oxygens (including phenoxy) is 1. The van der Waals surface area contributed by atoms with E-state index in [1.165, 1.54) is 5.56 Å². The summed E-state index contributed by atoms with van der Waals surface area (Å²) in [5.74, 6) is 2.35. The van der Waals surface area contributed by atoms with E-state index < -0.39 is 0 Å². The summed E-state index contributed by atoms with van der Waals surface area (Å²) in [7, 11) is 3.59. The highest BCUT2D eigenvalue weighted by atomic mass is 16.5.